The Morgan fingerprint density at radius 2 is 1.80 bits per heavy atom. The Kier molecular flexibility index (Phi) is 4.25. The summed E-state index contributed by atoms with van der Waals surface area (Å²) in [7, 11) is 0. The van der Waals surface area contributed by atoms with Gasteiger partial charge in [-0.15, -0.1) is 0 Å². The van der Waals surface area contributed by atoms with E-state index in [9.17, 15) is 13.6 Å². The molecule has 4 heteroatoms. The lowest BCUT2D eigenvalue weighted by atomic mass is 10.1. The maximum atomic E-state index is 13.3. The van der Waals surface area contributed by atoms with E-state index in [0.717, 1.165) is 23.3 Å². The molecule has 0 aromatic heterocycles. The van der Waals surface area contributed by atoms with Crippen molar-refractivity contribution in [2.75, 3.05) is 5.32 Å². The molecule has 1 amide bonds. The lowest BCUT2D eigenvalue weighted by Crippen LogP contribution is -2.09. The van der Waals surface area contributed by atoms with Crippen LogP contribution in [0.3, 0.4) is 0 Å². The summed E-state index contributed by atoms with van der Waals surface area (Å²) in [5.41, 5.74) is 1.94. The maximum absolute atomic E-state index is 13.3. The fourth-order valence-corrected chi connectivity index (χ4v) is 1.61. The van der Waals surface area contributed by atoms with Crippen molar-refractivity contribution >= 4 is 17.7 Å². The SMILES string of the molecule is Cc1ccc(/C=C/C(=O)Nc2ccc(F)cc2F)cc1. The predicted molar refractivity (Wildman–Crippen MR) is 75.2 cm³/mol. The first-order valence-electron chi connectivity index (χ1n) is 6.05. The van der Waals surface area contributed by atoms with Crippen LogP contribution in [-0.4, -0.2) is 5.91 Å². The van der Waals surface area contributed by atoms with Crippen LogP contribution in [0.4, 0.5) is 14.5 Å². The topological polar surface area (TPSA) is 29.1 Å². The third-order valence-electron chi connectivity index (χ3n) is 2.69. The van der Waals surface area contributed by atoms with Crippen LogP contribution < -0.4 is 5.32 Å². The molecular weight excluding hydrogens is 260 g/mol. The Morgan fingerprint density at radius 1 is 1.10 bits per heavy atom. The van der Waals surface area contributed by atoms with E-state index in [-0.39, 0.29) is 5.69 Å². The number of anilines is 1. The Bertz CT molecular complexity index is 648. The number of hydrogen-bond acceptors (Lipinski definition) is 1. The minimum absolute atomic E-state index is 0.0510. The average molecular weight is 273 g/mol. The highest BCUT2D eigenvalue weighted by molar-refractivity contribution is 6.01. The van der Waals surface area contributed by atoms with Gasteiger partial charge in [0.05, 0.1) is 5.69 Å². The smallest absolute Gasteiger partial charge is 0.248 e. The summed E-state index contributed by atoms with van der Waals surface area (Å²) in [6, 6.07) is 10.6. The van der Waals surface area contributed by atoms with Crippen LogP contribution in [0.15, 0.2) is 48.5 Å². The van der Waals surface area contributed by atoms with E-state index in [0.29, 0.717) is 0 Å². The molecule has 0 saturated carbocycles. The van der Waals surface area contributed by atoms with Crippen molar-refractivity contribution in [3.8, 4) is 0 Å². The third-order valence-corrected chi connectivity index (χ3v) is 2.69. The fraction of sp³-hybridized carbons (Fsp3) is 0.0625. The first-order chi connectivity index (χ1) is 9.54. The quantitative estimate of drug-likeness (QED) is 0.844. The molecule has 0 bridgehead atoms. The summed E-state index contributed by atoms with van der Waals surface area (Å²) in [5, 5.41) is 2.35. The molecule has 2 aromatic carbocycles. The number of amides is 1. The Hall–Kier alpha value is -2.49. The van der Waals surface area contributed by atoms with Crippen LogP contribution in [0, 0.1) is 18.6 Å². The molecule has 0 aliphatic rings. The molecular formula is C16H13F2NO. The average Bonchev–Trinajstić information content (AvgIpc) is 2.41. The van der Waals surface area contributed by atoms with Crippen LogP contribution in [0.2, 0.25) is 0 Å². The zero-order valence-corrected chi connectivity index (χ0v) is 10.9. The molecule has 0 saturated heterocycles. The van der Waals surface area contributed by atoms with E-state index in [1.165, 1.54) is 12.1 Å². The Labute approximate surface area is 115 Å². The minimum Gasteiger partial charge on any atom is -0.320 e. The number of nitrogens with one attached hydrogen (secondary N) is 1. The van der Waals surface area contributed by atoms with E-state index in [1.54, 1.807) is 6.08 Å². The standard InChI is InChI=1S/C16H13F2NO/c1-11-2-4-12(5-3-11)6-9-16(20)19-15-8-7-13(17)10-14(15)18/h2-10H,1H3,(H,19,20)/b9-6+. The van der Waals surface area contributed by atoms with Crippen LogP contribution in [0.5, 0.6) is 0 Å². The molecule has 0 radical (unpaired) electrons. The largest absolute Gasteiger partial charge is 0.320 e. The van der Waals surface area contributed by atoms with E-state index >= 15 is 0 Å². The zero-order chi connectivity index (χ0) is 14.5. The number of rotatable bonds is 3. The molecule has 1 N–H and O–H groups in total. The van der Waals surface area contributed by atoms with Gasteiger partial charge in [-0.3, -0.25) is 4.79 Å². The normalized spacial score (nSPS) is 10.8. The molecule has 0 heterocycles. The zero-order valence-electron chi connectivity index (χ0n) is 10.9. The molecule has 20 heavy (non-hydrogen) atoms. The lowest BCUT2D eigenvalue weighted by molar-refractivity contribution is -0.111. The number of halogens is 2. The summed E-state index contributed by atoms with van der Waals surface area (Å²) >= 11 is 0. The third kappa shape index (κ3) is 3.75. The second kappa shape index (κ2) is 6.10. The van der Waals surface area contributed by atoms with Crippen LogP contribution in [0.25, 0.3) is 6.08 Å². The summed E-state index contributed by atoms with van der Waals surface area (Å²) in [5.74, 6) is -1.96. The van der Waals surface area contributed by atoms with E-state index < -0.39 is 17.5 Å². The van der Waals surface area contributed by atoms with E-state index in [2.05, 4.69) is 5.32 Å². The number of aryl methyl sites for hydroxylation is 1. The van der Waals surface area contributed by atoms with Crippen LogP contribution in [-0.2, 0) is 4.79 Å². The van der Waals surface area contributed by atoms with Gasteiger partial charge in [0.1, 0.15) is 11.6 Å². The first-order valence-corrected chi connectivity index (χ1v) is 6.05. The first kappa shape index (κ1) is 13.9. The second-order valence-electron chi connectivity index (χ2n) is 4.36. The molecule has 0 atom stereocenters. The van der Waals surface area contributed by atoms with Gasteiger partial charge in [-0.2, -0.15) is 0 Å². The van der Waals surface area contributed by atoms with Gasteiger partial charge in [0.2, 0.25) is 5.91 Å². The molecule has 0 fully saturated rings. The van der Waals surface area contributed by atoms with Gasteiger partial charge in [-0.25, -0.2) is 8.78 Å². The summed E-state index contributed by atoms with van der Waals surface area (Å²) < 4.78 is 26.1. The molecule has 0 unspecified atom stereocenters. The van der Waals surface area contributed by atoms with Crippen molar-refractivity contribution in [3.05, 3.63) is 71.3 Å². The monoisotopic (exact) mass is 273 g/mol. The number of benzene rings is 2. The summed E-state index contributed by atoms with van der Waals surface area (Å²) in [4.78, 5) is 11.6. The van der Waals surface area contributed by atoms with Crippen molar-refractivity contribution in [2.24, 2.45) is 0 Å². The van der Waals surface area contributed by atoms with Crippen molar-refractivity contribution in [1.82, 2.24) is 0 Å². The summed E-state index contributed by atoms with van der Waals surface area (Å²) in [6.45, 7) is 1.97. The maximum Gasteiger partial charge on any atom is 0.248 e. The molecule has 102 valence electrons. The molecule has 0 spiro atoms. The fourth-order valence-electron chi connectivity index (χ4n) is 1.61. The highest BCUT2D eigenvalue weighted by atomic mass is 19.1. The van der Waals surface area contributed by atoms with E-state index in [4.69, 9.17) is 0 Å². The van der Waals surface area contributed by atoms with Crippen LogP contribution >= 0.6 is 0 Å². The Morgan fingerprint density at radius 3 is 2.45 bits per heavy atom. The van der Waals surface area contributed by atoms with Crippen molar-refractivity contribution in [1.29, 1.82) is 0 Å². The second-order valence-corrected chi connectivity index (χ2v) is 4.36. The highest BCUT2D eigenvalue weighted by Gasteiger charge is 2.05. The van der Waals surface area contributed by atoms with Crippen molar-refractivity contribution < 1.29 is 13.6 Å². The minimum atomic E-state index is -0.804. The molecule has 2 aromatic rings. The number of carbonyl (C=O) groups is 1. The van der Waals surface area contributed by atoms with Crippen molar-refractivity contribution in [2.45, 2.75) is 6.92 Å². The molecule has 2 rings (SSSR count). The van der Waals surface area contributed by atoms with E-state index in [1.807, 2.05) is 31.2 Å². The molecule has 0 aliphatic heterocycles. The molecule has 0 aliphatic carbocycles. The predicted octanol–water partition coefficient (Wildman–Crippen LogP) is 3.93. The van der Waals surface area contributed by atoms with Gasteiger partial charge in [-0.05, 0) is 30.7 Å². The van der Waals surface area contributed by atoms with Crippen LogP contribution in [0.1, 0.15) is 11.1 Å². The molecule has 2 nitrogen and oxygen atoms in total. The number of carbonyl (C=O) groups excluding carboxylic acids is 1. The van der Waals surface area contributed by atoms with Crippen molar-refractivity contribution in [3.63, 3.8) is 0 Å². The van der Waals surface area contributed by atoms with Gasteiger partial charge in [-0.1, -0.05) is 29.8 Å². The summed E-state index contributed by atoms with van der Waals surface area (Å²) in [6.07, 6.45) is 2.92. The lowest BCUT2D eigenvalue weighted by Gasteiger charge is -2.03. The Balaban J connectivity index is 2.03. The van der Waals surface area contributed by atoms with Gasteiger partial charge in [0.15, 0.2) is 0 Å². The van der Waals surface area contributed by atoms with Gasteiger partial charge >= 0.3 is 0 Å². The van der Waals surface area contributed by atoms with Gasteiger partial charge < -0.3 is 5.32 Å². The highest BCUT2D eigenvalue weighted by Crippen LogP contribution is 2.15. The number of hydrogen-bond donors (Lipinski definition) is 1. The van der Waals surface area contributed by atoms with Gasteiger partial charge in [0.25, 0.3) is 0 Å². The van der Waals surface area contributed by atoms with Gasteiger partial charge in [0, 0.05) is 12.1 Å².